The van der Waals surface area contributed by atoms with Gasteiger partial charge in [0.15, 0.2) is 6.29 Å². The van der Waals surface area contributed by atoms with Gasteiger partial charge in [-0.15, -0.1) is 0 Å². The summed E-state index contributed by atoms with van der Waals surface area (Å²) in [7, 11) is -5.06. The molecule has 0 amide bonds. The van der Waals surface area contributed by atoms with Crippen molar-refractivity contribution in [2.45, 2.75) is 198 Å². The summed E-state index contributed by atoms with van der Waals surface area (Å²) in [5.74, 6) is -0.423. The van der Waals surface area contributed by atoms with Gasteiger partial charge in [-0.1, -0.05) is 152 Å². The lowest BCUT2D eigenvalue weighted by molar-refractivity contribution is -0.301. The van der Waals surface area contributed by atoms with E-state index in [-0.39, 0.29) is 19.6 Å². The van der Waals surface area contributed by atoms with Gasteiger partial charge in [0.05, 0.1) is 19.8 Å². The van der Waals surface area contributed by atoms with Gasteiger partial charge in [-0.2, -0.15) is 8.42 Å². The highest BCUT2D eigenvalue weighted by atomic mass is 32.3. The van der Waals surface area contributed by atoms with Gasteiger partial charge in [0.1, 0.15) is 30.5 Å². The van der Waals surface area contributed by atoms with E-state index in [4.69, 9.17) is 23.5 Å². The van der Waals surface area contributed by atoms with Crippen LogP contribution in [0.25, 0.3) is 0 Å². The van der Waals surface area contributed by atoms with Crippen molar-refractivity contribution >= 4 is 16.4 Å². The largest absolute Gasteiger partial charge is 0.457 e. The molecule has 332 valence electrons. The van der Waals surface area contributed by atoms with E-state index < -0.39 is 59.8 Å². The number of ether oxygens (including phenoxy) is 4. The van der Waals surface area contributed by atoms with Crippen molar-refractivity contribution in [3.63, 3.8) is 0 Å². The number of hydrogen-bond donors (Lipinski definition) is 4. The topological polar surface area (TPSA) is 178 Å². The number of esters is 1. The number of rotatable bonds is 37. The van der Waals surface area contributed by atoms with Crippen LogP contribution in [0.15, 0.2) is 48.6 Å². The van der Waals surface area contributed by atoms with Crippen molar-refractivity contribution in [3.8, 4) is 0 Å². The van der Waals surface area contributed by atoms with Gasteiger partial charge < -0.3 is 34.3 Å². The zero-order valence-electron chi connectivity index (χ0n) is 35.1. The molecule has 6 unspecified atom stereocenters. The van der Waals surface area contributed by atoms with E-state index in [1.165, 1.54) is 64.2 Å². The van der Waals surface area contributed by atoms with Crippen molar-refractivity contribution < 1.29 is 56.2 Å². The fraction of sp³-hybridized carbons (Fsp3) is 0.795. The second-order valence-corrected chi connectivity index (χ2v) is 16.0. The number of carbonyl (C=O) groups excluding carboxylic acids is 1. The highest BCUT2D eigenvalue weighted by molar-refractivity contribution is 7.80. The molecule has 0 aliphatic carbocycles. The van der Waals surface area contributed by atoms with Crippen molar-refractivity contribution in [2.24, 2.45) is 0 Å². The highest BCUT2D eigenvalue weighted by Gasteiger charge is 2.48. The average molecular weight is 831 g/mol. The Morgan fingerprint density at radius 2 is 1.21 bits per heavy atom. The molecule has 0 aromatic rings. The highest BCUT2D eigenvalue weighted by Crippen LogP contribution is 2.26. The van der Waals surface area contributed by atoms with Crippen LogP contribution in [0.2, 0.25) is 0 Å². The molecular formula is C44H78O12S. The van der Waals surface area contributed by atoms with Crippen LogP contribution < -0.4 is 0 Å². The number of carbonyl (C=O) groups is 1. The molecular weight excluding hydrogens is 753 g/mol. The van der Waals surface area contributed by atoms with Crippen molar-refractivity contribution in [1.29, 1.82) is 0 Å². The lowest BCUT2D eigenvalue weighted by Crippen LogP contribution is -2.60. The van der Waals surface area contributed by atoms with E-state index in [0.717, 1.165) is 70.6 Å². The minimum absolute atomic E-state index is 0.0265. The Balaban J connectivity index is 2.47. The Labute approximate surface area is 345 Å². The number of aliphatic hydroxyl groups excluding tert-OH is 3. The van der Waals surface area contributed by atoms with Gasteiger partial charge in [0.2, 0.25) is 0 Å². The predicted molar refractivity (Wildman–Crippen MR) is 225 cm³/mol. The molecule has 0 saturated carbocycles. The fourth-order valence-electron chi connectivity index (χ4n) is 6.43. The normalized spacial score (nSPS) is 21.1. The molecule has 57 heavy (non-hydrogen) atoms. The molecule has 4 N–H and O–H groups in total. The second kappa shape index (κ2) is 36.0. The van der Waals surface area contributed by atoms with Crippen LogP contribution >= 0.6 is 0 Å². The second-order valence-electron chi connectivity index (χ2n) is 14.9. The Morgan fingerprint density at radius 3 is 1.77 bits per heavy atom. The summed E-state index contributed by atoms with van der Waals surface area (Å²) < 4.78 is 59.0. The molecule has 0 aromatic carbocycles. The first-order valence-corrected chi connectivity index (χ1v) is 23.3. The van der Waals surface area contributed by atoms with E-state index in [0.29, 0.717) is 13.0 Å². The molecule has 6 atom stereocenters. The lowest BCUT2D eigenvalue weighted by Gasteiger charge is -2.41. The van der Waals surface area contributed by atoms with Crippen molar-refractivity contribution in [2.75, 3.05) is 26.4 Å². The standard InChI is InChI=1S/C44H78O12S/c1-3-5-7-9-11-13-15-17-18-19-20-21-23-25-27-29-31-33-40(46)54-38(36-52-34-32-30-28-26-24-22-16-14-12-10-8-6-4-2)37-53-44-42(48)43(56-57(49,50)51)41(47)39(35-45)55-44/h5,7,11,13,17-18,20-21,38-39,41-45,47-48H,3-4,6,8-10,12,14-16,19,22-37H2,1-2H3,(H,49,50,51)/b7-5-,13-11-,18-17-,21-20-. The quantitative estimate of drug-likeness (QED) is 0.0203. The minimum atomic E-state index is -5.06. The maximum Gasteiger partial charge on any atom is 0.397 e. The molecule has 1 aliphatic heterocycles. The molecule has 12 nitrogen and oxygen atoms in total. The Bertz CT molecular complexity index is 1190. The first kappa shape index (κ1) is 53.1. The van der Waals surface area contributed by atoms with Crippen LogP contribution in [0.4, 0.5) is 0 Å². The molecule has 0 spiro atoms. The SMILES string of the molecule is CC/C=C\C/C=C\C/C=C\C/C=C\CCCCCCC(=O)OC(COCCCCCCCCCCCCCCC)COC1OC(CO)C(O)C(OS(=O)(=O)O)C1O. The van der Waals surface area contributed by atoms with E-state index in [2.05, 4.69) is 66.6 Å². The third kappa shape index (κ3) is 29.8. The van der Waals surface area contributed by atoms with Crippen molar-refractivity contribution in [3.05, 3.63) is 48.6 Å². The van der Waals surface area contributed by atoms with Crippen LogP contribution in [0, 0.1) is 0 Å². The molecule has 0 aromatic heterocycles. The summed E-state index contributed by atoms with van der Waals surface area (Å²) >= 11 is 0. The maximum atomic E-state index is 12.8. The van der Waals surface area contributed by atoms with E-state index >= 15 is 0 Å². The first-order chi connectivity index (χ1) is 27.6. The average Bonchev–Trinajstić information content (AvgIpc) is 3.18. The Hall–Kier alpha value is -1.94. The third-order valence-corrected chi connectivity index (χ3v) is 10.2. The molecule has 13 heteroatoms. The smallest absolute Gasteiger partial charge is 0.397 e. The molecule has 1 rings (SSSR count). The molecule has 1 fully saturated rings. The van der Waals surface area contributed by atoms with Gasteiger partial charge in [-0.25, -0.2) is 4.18 Å². The van der Waals surface area contributed by atoms with Gasteiger partial charge >= 0.3 is 16.4 Å². The van der Waals surface area contributed by atoms with E-state index in [9.17, 15) is 28.5 Å². The number of hydrogen-bond acceptors (Lipinski definition) is 11. The van der Waals surface area contributed by atoms with Crippen molar-refractivity contribution in [1.82, 2.24) is 0 Å². The Kier molecular flexibility index (Phi) is 33.5. The van der Waals surface area contributed by atoms with Crippen LogP contribution in [-0.4, -0.2) is 97.5 Å². The van der Waals surface area contributed by atoms with Gasteiger partial charge in [-0.05, 0) is 51.4 Å². The van der Waals surface area contributed by atoms with Gasteiger partial charge in [0.25, 0.3) is 0 Å². The molecule has 1 heterocycles. The van der Waals surface area contributed by atoms with E-state index in [1.807, 2.05) is 0 Å². The summed E-state index contributed by atoms with van der Waals surface area (Å²) in [5, 5.41) is 30.6. The molecule has 1 aliphatic rings. The predicted octanol–water partition coefficient (Wildman–Crippen LogP) is 8.80. The fourth-order valence-corrected chi connectivity index (χ4v) is 6.94. The summed E-state index contributed by atoms with van der Waals surface area (Å²) in [4.78, 5) is 12.8. The molecule has 1 saturated heterocycles. The molecule has 0 bridgehead atoms. The minimum Gasteiger partial charge on any atom is -0.457 e. The Morgan fingerprint density at radius 1 is 0.684 bits per heavy atom. The van der Waals surface area contributed by atoms with Crippen LogP contribution in [0.3, 0.4) is 0 Å². The number of allylic oxidation sites excluding steroid dienone is 8. The lowest BCUT2D eigenvalue weighted by atomic mass is 9.99. The summed E-state index contributed by atoms with van der Waals surface area (Å²) in [6, 6.07) is 0. The van der Waals surface area contributed by atoms with Crippen LogP contribution in [-0.2, 0) is 38.3 Å². The van der Waals surface area contributed by atoms with Gasteiger partial charge in [-0.3, -0.25) is 9.35 Å². The van der Waals surface area contributed by atoms with Crippen LogP contribution in [0.1, 0.15) is 162 Å². The number of aliphatic hydroxyl groups is 3. The van der Waals surface area contributed by atoms with Gasteiger partial charge in [0, 0.05) is 13.0 Å². The summed E-state index contributed by atoms with van der Waals surface area (Å²) in [6.07, 6.45) is 32.8. The first-order valence-electron chi connectivity index (χ1n) is 21.9. The van der Waals surface area contributed by atoms with E-state index in [1.54, 1.807) is 0 Å². The molecule has 0 radical (unpaired) electrons. The zero-order valence-corrected chi connectivity index (χ0v) is 36.0. The summed E-state index contributed by atoms with van der Waals surface area (Å²) in [6.45, 7) is 3.84. The number of unbranched alkanes of at least 4 members (excludes halogenated alkanes) is 16. The monoisotopic (exact) mass is 831 g/mol. The summed E-state index contributed by atoms with van der Waals surface area (Å²) in [5.41, 5.74) is 0. The van der Waals surface area contributed by atoms with Crippen LogP contribution in [0.5, 0.6) is 0 Å². The zero-order chi connectivity index (χ0) is 41.8. The maximum absolute atomic E-state index is 12.8. The third-order valence-electron chi connectivity index (χ3n) is 9.72.